The number of nitrogens with zero attached hydrogens (tertiary/aromatic N) is 3. The Kier molecular flexibility index (Phi) is 8.80. The standard InChI is InChI=1S/C29H36N4OS/c1-21(2)19-30-28(34)24-14-10-11-22(17-24)20-35-29-31-26(23-12-6-4-7-13-23)18-27(32-29)33(3)25-15-8-5-9-16-25/h4,6-7,10-14,17-18,21,25H,5,8-9,15-16,19-20H2,1-3H3,(H,30,34). The van der Waals surface area contributed by atoms with Gasteiger partial charge in [-0.05, 0) is 36.5 Å². The summed E-state index contributed by atoms with van der Waals surface area (Å²) >= 11 is 1.62. The number of benzene rings is 2. The van der Waals surface area contributed by atoms with E-state index in [4.69, 9.17) is 9.97 Å². The van der Waals surface area contributed by atoms with Gasteiger partial charge in [0.05, 0.1) is 5.69 Å². The van der Waals surface area contributed by atoms with Crippen LogP contribution in [0.4, 0.5) is 5.82 Å². The molecule has 4 rings (SSSR count). The Morgan fingerprint density at radius 3 is 2.54 bits per heavy atom. The molecule has 1 saturated carbocycles. The molecule has 6 heteroatoms. The van der Waals surface area contributed by atoms with Crippen molar-refractivity contribution < 1.29 is 4.79 Å². The number of aromatic nitrogens is 2. The molecule has 1 aliphatic carbocycles. The third-order valence-corrected chi connectivity index (χ3v) is 7.39. The predicted molar refractivity (Wildman–Crippen MR) is 146 cm³/mol. The average molecular weight is 489 g/mol. The largest absolute Gasteiger partial charge is 0.357 e. The van der Waals surface area contributed by atoms with E-state index in [1.165, 1.54) is 32.1 Å². The molecule has 1 amide bonds. The van der Waals surface area contributed by atoms with Gasteiger partial charge in [-0.3, -0.25) is 4.79 Å². The molecule has 5 nitrogen and oxygen atoms in total. The van der Waals surface area contributed by atoms with E-state index in [1.807, 2.05) is 36.4 Å². The SMILES string of the molecule is CC(C)CNC(=O)c1cccc(CSc2nc(-c3ccccc3)cc(N(C)C3CCCCC3)n2)c1. The summed E-state index contributed by atoms with van der Waals surface area (Å²) in [6.45, 7) is 4.86. The zero-order valence-electron chi connectivity index (χ0n) is 21.0. The summed E-state index contributed by atoms with van der Waals surface area (Å²) in [5, 5.41) is 3.76. The molecule has 0 saturated heterocycles. The number of nitrogens with one attached hydrogen (secondary N) is 1. The van der Waals surface area contributed by atoms with Gasteiger partial charge in [0.15, 0.2) is 5.16 Å². The highest BCUT2D eigenvalue weighted by atomic mass is 32.2. The fraction of sp³-hybridized carbons (Fsp3) is 0.414. The molecule has 35 heavy (non-hydrogen) atoms. The number of anilines is 1. The maximum absolute atomic E-state index is 12.5. The van der Waals surface area contributed by atoms with Crippen molar-refractivity contribution in [2.75, 3.05) is 18.5 Å². The molecule has 0 unspecified atom stereocenters. The quantitative estimate of drug-likeness (QED) is 0.272. The first-order valence-corrected chi connectivity index (χ1v) is 13.7. The van der Waals surface area contributed by atoms with Crippen molar-refractivity contribution in [3.05, 3.63) is 71.8 Å². The van der Waals surface area contributed by atoms with Crippen molar-refractivity contribution in [2.24, 2.45) is 5.92 Å². The summed E-state index contributed by atoms with van der Waals surface area (Å²) < 4.78 is 0. The van der Waals surface area contributed by atoms with Crippen LogP contribution in [0.25, 0.3) is 11.3 Å². The minimum absolute atomic E-state index is 0.0238. The average Bonchev–Trinajstić information content (AvgIpc) is 2.91. The van der Waals surface area contributed by atoms with Crippen LogP contribution < -0.4 is 10.2 Å². The number of carbonyl (C=O) groups excluding carboxylic acids is 1. The van der Waals surface area contributed by atoms with Crippen LogP contribution in [0.2, 0.25) is 0 Å². The lowest BCUT2D eigenvalue weighted by atomic mass is 9.94. The van der Waals surface area contributed by atoms with Gasteiger partial charge in [0, 0.05) is 42.6 Å². The van der Waals surface area contributed by atoms with Gasteiger partial charge < -0.3 is 10.2 Å². The van der Waals surface area contributed by atoms with Crippen LogP contribution in [0.1, 0.15) is 61.9 Å². The molecule has 0 bridgehead atoms. The van der Waals surface area contributed by atoms with E-state index in [1.54, 1.807) is 11.8 Å². The normalized spacial score (nSPS) is 14.2. The van der Waals surface area contributed by atoms with Gasteiger partial charge in [-0.1, -0.05) is 87.3 Å². The lowest BCUT2D eigenvalue weighted by Crippen LogP contribution is -2.34. The first-order chi connectivity index (χ1) is 17.0. The summed E-state index contributed by atoms with van der Waals surface area (Å²) in [5.41, 5.74) is 3.82. The van der Waals surface area contributed by atoms with E-state index in [9.17, 15) is 4.79 Å². The van der Waals surface area contributed by atoms with E-state index in [-0.39, 0.29) is 5.91 Å². The van der Waals surface area contributed by atoms with Gasteiger partial charge in [0.1, 0.15) is 5.82 Å². The van der Waals surface area contributed by atoms with Crippen LogP contribution in [0.5, 0.6) is 0 Å². The molecule has 0 spiro atoms. The molecule has 1 heterocycles. The van der Waals surface area contributed by atoms with Gasteiger partial charge in [-0.2, -0.15) is 0 Å². The third-order valence-electron chi connectivity index (χ3n) is 6.47. The fourth-order valence-electron chi connectivity index (χ4n) is 4.42. The number of hydrogen-bond acceptors (Lipinski definition) is 5. The first kappa shape index (κ1) is 25.2. The number of hydrogen-bond donors (Lipinski definition) is 1. The van der Waals surface area contributed by atoms with Gasteiger partial charge in [0.2, 0.25) is 0 Å². The number of rotatable bonds is 9. The Bertz CT molecular complexity index is 1110. The van der Waals surface area contributed by atoms with Crippen LogP contribution >= 0.6 is 11.8 Å². The van der Waals surface area contributed by atoms with Crippen LogP contribution in [-0.4, -0.2) is 35.5 Å². The Balaban J connectivity index is 1.54. The minimum Gasteiger partial charge on any atom is -0.357 e. The predicted octanol–water partition coefficient (Wildman–Crippen LogP) is 6.59. The molecule has 1 fully saturated rings. The molecule has 1 aromatic heterocycles. The van der Waals surface area contributed by atoms with Gasteiger partial charge in [-0.15, -0.1) is 0 Å². The third kappa shape index (κ3) is 7.07. The molecule has 0 radical (unpaired) electrons. The summed E-state index contributed by atoms with van der Waals surface area (Å²) in [5.74, 6) is 2.09. The zero-order valence-corrected chi connectivity index (χ0v) is 21.9. The molecule has 3 aromatic rings. The van der Waals surface area contributed by atoms with Gasteiger partial charge in [0.25, 0.3) is 5.91 Å². The summed E-state index contributed by atoms with van der Waals surface area (Å²) in [7, 11) is 2.17. The maximum atomic E-state index is 12.5. The van der Waals surface area contributed by atoms with Gasteiger partial charge >= 0.3 is 0 Å². The molecule has 2 aromatic carbocycles. The Hall–Kier alpha value is -2.86. The van der Waals surface area contributed by atoms with Crippen LogP contribution in [0, 0.1) is 5.92 Å². The minimum atomic E-state index is -0.0238. The molecular formula is C29H36N4OS. The fourth-order valence-corrected chi connectivity index (χ4v) is 5.22. The summed E-state index contributed by atoms with van der Waals surface area (Å²) in [6, 6.07) is 20.8. The Morgan fingerprint density at radius 2 is 1.80 bits per heavy atom. The van der Waals surface area contributed by atoms with E-state index in [2.05, 4.69) is 55.4 Å². The highest BCUT2D eigenvalue weighted by molar-refractivity contribution is 7.98. The van der Waals surface area contributed by atoms with Crippen LogP contribution in [0.3, 0.4) is 0 Å². The first-order valence-electron chi connectivity index (χ1n) is 12.7. The van der Waals surface area contributed by atoms with Crippen LogP contribution in [0.15, 0.2) is 65.8 Å². The maximum Gasteiger partial charge on any atom is 0.251 e. The number of thioether (sulfide) groups is 1. The smallest absolute Gasteiger partial charge is 0.251 e. The van der Waals surface area contributed by atoms with Crippen molar-refractivity contribution in [3.8, 4) is 11.3 Å². The van der Waals surface area contributed by atoms with Crippen LogP contribution in [-0.2, 0) is 5.75 Å². The second-order valence-corrected chi connectivity index (χ2v) is 10.7. The van der Waals surface area contributed by atoms with E-state index < -0.39 is 0 Å². The molecular weight excluding hydrogens is 452 g/mol. The van der Waals surface area contributed by atoms with Gasteiger partial charge in [-0.25, -0.2) is 9.97 Å². The monoisotopic (exact) mass is 488 g/mol. The second-order valence-electron chi connectivity index (χ2n) is 9.76. The molecule has 184 valence electrons. The van der Waals surface area contributed by atoms with E-state index in [0.717, 1.165) is 27.8 Å². The van der Waals surface area contributed by atoms with Crippen molar-refractivity contribution in [3.63, 3.8) is 0 Å². The van der Waals surface area contributed by atoms with E-state index >= 15 is 0 Å². The highest BCUT2D eigenvalue weighted by Gasteiger charge is 2.21. The highest BCUT2D eigenvalue weighted by Crippen LogP contribution is 2.30. The number of amides is 1. The summed E-state index contributed by atoms with van der Waals surface area (Å²) in [6.07, 6.45) is 6.34. The van der Waals surface area contributed by atoms with E-state index in [0.29, 0.717) is 29.8 Å². The van der Waals surface area contributed by atoms with Crippen molar-refractivity contribution >= 4 is 23.5 Å². The topological polar surface area (TPSA) is 58.1 Å². The zero-order chi connectivity index (χ0) is 24.6. The summed E-state index contributed by atoms with van der Waals surface area (Å²) in [4.78, 5) is 24.7. The Morgan fingerprint density at radius 1 is 1.03 bits per heavy atom. The lowest BCUT2D eigenvalue weighted by Gasteiger charge is -2.32. The Labute approximate surface area is 213 Å². The molecule has 1 N–H and O–H groups in total. The molecule has 0 aliphatic heterocycles. The number of carbonyl (C=O) groups is 1. The lowest BCUT2D eigenvalue weighted by molar-refractivity contribution is 0.0949. The van der Waals surface area contributed by atoms with Crippen molar-refractivity contribution in [2.45, 2.75) is 62.9 Å². The molecule has 0 atom stereocenters. The molecule has 1 aliphatic rings. The van der Waals surface area contributed by atoms with Crippen molar-refractivity contribution in [1.82, 2.24) is 15.3 Å². The second kappa shape index (κ2) is 12.2. The van der Waals surface area contributed by atoms with Crippen molar-refractivity contribution in [1.29, 1.82) is 0 Å².